The molecule has 5 heteroatoms. The molecule has 0 bridgehead atoms. The Bertz CT molecular complexity index is 446. The van der Waals surface area contributed by atoms with E-state index in [0.717, 1.165) is 19.3 Å². The van der Waals surface area contributed by atoms with E-state index in [1.54, 1.807) is 0 Å². The number of unbranched alkanes of at least 4 members (excludes halogenated alkanes) is 12. The number of quaternary nitrogens is 1. The summed E-state index contributed by atoms with van der Waals surface area (Å²) < 4.78 is 18.3. The Balaban J connectivity index is 3.56. The van der Waals surface area contributed by atoms with Gasteiger partial charge in [0.15, 0.2) is 5.78 Å². The third-order valence-electron chi connectivity index (χ3n) is 5.57. The van der Waals surface area contributed by atoms with Crippen molar-refractivity contribution in [1.82, 2.24) is 0 Å². The van der Waals surface area contributed by atoms with E-state index in [1.807, 2.05) is 28.1 Å². The highest BCUT2D eigenvalue weighted by Gasteiger charge is 2.41. The molecule has 0 saturated heterocycles. The average molecular weight is 433 g/mol. The van der Waals surface area contributed by atoms with Crippen molar-refractivity contribution in [2.45, 2.75) is 116 Å². The van der Waals surface area contributed by atoms with Crippen LogP contribution in [0.15, 0.2) is 12.2 Å². The van der Waals surface area contributed by atoms with Gasteiger partial charge in [-0.2, -0.15) is 0 Å². The van der Waals surface area contributed by atoms with Gasteiger partial charge in [-0.25, -0.2) is 0 Å². The molecule has 2 atom stereocenters. The second kappa shape index (κ2) is 17.5. The van der Waals surface area contributed by atoms with Crippen LogP contribution in [0, 0.1) is 0 Å². The summed E-state index contributed by atoms with van der Waals surface area (Å²) >= 11 is 0. The first kappa shape index (κ1) is 28.9. The van der Waals surface area contributed by atoms with Gasteiger partial charge in [-0.15, -0.1) is 0 Å². The summed E-state index contributed by atoms with van der Waals surface area (Å²) in [7, 11) is 2.27. The van der Waals surface area contributed by atoms with Crippen molar-refractivity contribution in [2.75, 3.05) is 27.7 Å². The second-order valence-corrected chi connectivity index (χ2v) is 11.3. The van der Waals surface area contributed by atoms with Gasteiger partial charge < -0.3 is 13.9 Å². The summed E-state index contributed by atoms with van der Waals surface area (Å²) in [5.74, 6) is -0.358. The molecule has 0 aliphatic heterocycles. The number of hydrogen-bond donors (Lipinski definition) is 1. The maximum Gasteiger partial charge on any atom is 0.385 e. The molecule has 0 aromatic heterocycles. The molecule has 0 heterocycles. The van der Waals surface area contributed by atoms with Crippen LogP contribution in [0.1, 0.15) is 110 Å². The first-order valence-corrected chi connectivity index (χ1v) is 13.8. The van der Waals surface area contributed by atoms with Crippen molar-refractivity contribution in [3.05, 3.63) is 12.2 Å². The molecule has 0 aliphatic rings. The largest absolute Gasteiger partial charge is 0.385 e. The Labute approximate surface area is 182 Å². The molecular weight excluding hydrogens is 381 g/mol. The molecule has 174 valence electrons. The summed E-state index contributed by atoms with van der Waals surface area (Å²) in [5.41, 5.74) is 0. The fourth-order valence-electron chi connectivity index (χ4n) is 3.85. The predicted octanol–water partition coefficient (Wildman–Crippen LogP) is 7.67. The fraction of sp³-hybridized carbons (Fsp3) is 0.917. The minimum atomic E-state index is -3.56. The zero-order valence-electron chi connectivity index (χ0n) is 20.2. The van der Waals surface area contributed by atoms with Gasteiger partial charge in [0.05, 0.1) is 27.7 Å². The third kappa shape index (κ3) is 16.2. The molecular formula is C24H51NO3P+. The predicted molar refractivity (Wildman–Crippen MR) is 127 cm³/mol. The van der Waals surface area contributed by atoms with Gasteiger partial charge in [0.25, 0.3) is 0 Å². The zero-order valence-corrected chi connectivity index (χ0v) is 21.1. The minimum absolute atomic E-state index is 0.358. The summed E-state index contributed by atoms with van der Waals surface area (Å²) in [6.45, 7) is 4.59. The molecule has 0 aromatic rings. The van der Waals surface area contributed by atoms with Crippen molar-refractivity contribution in [2.24, 2.45) is 0 Å². The molecule has 0 rings (SSSR count). The monoisotopic (exact) mass is 432 g/mol. The van der Waals surface area contributed by atoms with Gasteiger partial charge in [-0.05, 0) is 32.1 Å². The van der Waals surface area contributed by atoms with E-state index in [1.165, 1.54) is 70.6 Å². The summed E-state index contributed by atoms with van der Waals surface area (Å²) in [4.78, 5) is 10.2. The molecule has 1 N–H and O–H groups in total. The van der Waals surface area contributed by atoms with E-state index < -0.39 is 7.60 Å². The number of allylic oxidation sites excluding steroid dienone is 2. The highest BCUT2D eigenvalue weighted by Crippen LogP contribution is 2.51. The van der Waals surface area contributed by atoms with Gasteiger partial charge in [-0.3, -0.25) is 4.57 Å². The van der Waals surface area contributed by atoms with Gasteiger partial charge in [-0.1, -0.05) is 83.8 Å². The number of rotatable bonds is 20. The highest BCUT2D eigenvalue weighted by atomic mass is 31.2. The van der Waals surface area contributed by atoms with Gasteiger partial charge in [0.1, 0.15) is 0 Å². The summed E-state index contributed by atoms with van der Waals surface area (Å²) in [6, 6.07) is 0. The van der Waals surface area contributed by atoms with E-state index in [2.05, 4.69) is 19.1 Å². The van der Waals surface area contributed by atoms with Crippen molar-refractivity contribution >= 4 is 7.60 Å². The third-order valence-corrected chi connectivity index (χ3v) is 7.93. The van der Waals surface area contributed by atoms with Crippen LogP contribution in [0.5, 0.6) is 0 Å². The van der Waals surface area contributed by atoms with Crippen LogP contribution in [0.4, 0.5) is 0 Å². The van der Waals surface area contributed by atoms with E-state index in [-0.39, 0.29) is 5.78 Å². The highest BCUT2D eigenvalue weighted by molar-refractivity contribution is 7.53. The molecule has 29 heavy (non-hydrogen) atoms. The lowest BCUT2D eigenvalue weighted by Gasteiger charge is -2.35. The molecule has 0 radical (unpaired) electrons. The quantitative estimate of drug-likeness (QED) is 0.0929. The minimum Gasteiger partial charge on any atom is -0.320 e. The molecule has 0 amide bonds. The van der Waals surface area contributed by atoms with E-state index in [9.17, 15) is 9.46 Å². The second-order valence-electron chi connectivity index (χ2n) is 9.34. The van der Waals surface area contributed by atoms with Gasteiger partial charge in [0, 0.05) is 6.42 Å². The Morgan fingerprint density at radius 3 is 1.69 bits per heavy atom. The Kier molecular flexibility index (Phi) is 17.4. The van der Waals surface area contributed by atoms with Crippen LogP contribution in [0.2, 0.25) is 0 Å². The molecule has 4 nitrogen and oxygen atoms in total. The van der Waals surface area contributed by atoms with Crippen molar-refractivity contribution in [3.8, 4) is 0 Å². The van der Waals surface area contributed by atoms with Crippen LogP contribution in [-0.4, -0.2) is 42.9 Å². The van der Waals surface area contributed by atoms with Crippen LogP contribution in [-0.2, 0) is 9.09 Å². The van der Waals surface area contributed by atoms with E-state index in [4.69, 9.17) is 4.52 Å². The fourth-order valence-corrected chi connectivity index (χ4v) is 5.75. The van der Waals surface area contributed by atoms with Gasteiger partial charge in [0.2, 0.25) is 0 Å². The molecule has 0 spiro atoms. The SMILES string of the molecule is CCCCCCCCCCCCC=CCCCCOP(=O)(O)C(CC)[N+](C)(C)C. The lowest BCUT2D eigenvalue weighted by atomic mass is 10.1. The molecule has 0 aromatic carbocycles. The van der Waals surface area contributed by atoms with Crippen LogP contribution >= 0.6 is 7.60 Å². The smallest absolute Gasteiger partial charge is 0.320 e. The summed E-state index contributed by atoms with van der Waals surface area (Å²) in [6.07, 6.45) is 23.1. The zero-order chi connectivity index (χ0) is 22.0. The average Bonchev–Trinajstić information content (AvgIpc) is 2.63. The van der Waals surface area contributed by atoms with E-state index >= 15 is 0 Å². The molecule has 0 aliphatic carbocycles. The molecule has 2 unspecified atom stereocenters. The lowest BCUT2D eigenvalue weighted by Crippen LogP contribution is -2.44. The Morgan fingerprint density at radius 2 is 1.24 bits per heavy atom. The lowest BCUT2D eigenvalue weighted by molar-refractivity contribution is -0.883. The van der Waals surface area contributed by atoms with Gasteiger partial charge >= 0.3 is 7.60 Å². The molecule has 0 saturated carbocycles. The first-order chi connectivity index (χ1) is 13.8. The van der Waals surface area contributed by atoms with Crippen molar-refractivity contribution in [1.29, 1.82) is 0 Å². The normalized spacial score (nSPS) is 15.7. The maximum absolute atomic E-state index is 12.5. The standard InChI is InChI=1S/C24H50NO3P/c1-6-8-9-10-11-12-13-14-15-16-17-18-19-20-21-22-23-28-29(26,27)24(7-2)25(3,4)5/h18-19,24H,6-17,20-23H2,1-5H3/p+1. The first-order valence-electron chi connectivity index (χ1n) is 12.2. The Morgan fingerprint density at radius 1 is 0.793 bits per heavy atom. The molecule has 0 fully saturated rings. The van der Waals surface area contributed by atoms with Crippen LogP contribution in [0.3, 0.4) is 0 Å². The summed E-state index contributed by atoms with van der Waals surface area (Å²) in [5, 5.41) is 0. The van der Waals surface area contributed by atoms with Crippen LogP contribution in [0.25, 0.3) is 0 Å². The Hall–Kier alpha value is -0.150. The number of nitrogens with zero attached hydrogens (tertiary/aromatic N) is 1. The van der Waals surface area contributed by atoms with Crippen LogP contribution < -0.4 is 0 Å². The van der Waals surface area contributed by atoms with Crippen molar-refractivity contribution in [3.63, 3.8) is 0 Å². The topological polar surface area (TPSA) is 46.5 Å². The maximum atomic E-state index is 12.5. The number of hydrogen-bond acceptors (Lipinski definition) is 2. The van der Waals surface area contributed by atoms with E-state index in [0.29, 0.717) is 17.5 Å². The van der Waals surface area contributed by atoms with Crippen molar-refractivity contribution < 1.29 is 18.5 Å².